The summed E-state index contributed by atoms with van der Waals surface area (Å²) < 4.78 is 5.41. The first-order chi connectivity index (χ1) is 8.36. The van der Waals surface area contributed by atoms with Crippen molar-refractivity contribution in [2.45, 2.75) is 26.7 Å². The molecule has 0 atom stereocenters. The first-order valence-corrected chi connectivity index (χ1v) is 6.26. The Labute approximate surface area is 103 Å². The molecule has 1 rings (SSSR count). The van der Waals surface area contributed by atoms with E-state index in [0.29, 0.717) is 12.5 Å². The van der Waals surface area contributed by atoms with Crippen LogP contribution in [0.3, 0.4) is 0 Å². The molecule has 0 aromatic carbocycles. The van der Waals surface area contributed by atoms with Gasteiger partial charge in [0.1, 0.15) is 5.82 Å². The Bertz CT molecular complexity index is 306. The number of nitrogens with one attached hydrogen (secondary N) is 2. The number of nitrogens with zero attached hydrogens (tertiary/aromatic N) is 2. The highest BCUT2D eigenvalue weighted by Gasteiger charge is 1.98. The fourth-order valence-corrected chi connectivity index (χ4v) is 1.32. The van der Waals surface area contributed by atoms with Crippen molar-refractivity contribution in [2.75, 3.05) is 31.6 Å². The van der Waals surface area contributed by atoms with Crippen LogP contribution in [0.1, 0.15) is 26.7 Å². The lowest BCUT2D eigenvalue weighted by Crippen LogP contribution is -2.17. The average molecular weight is 238 g/mol. The Kier molecular flexibility index (Phi) is 7.06. The first-order valence-electron chi connectivity index (χ1n) is 6.26. The van der Waals surface area contributed by atoms with Crippen molar-refractivity contribution in [1.29, 1.82) is 0 Å². The lowest BCUT2D eigenvalue weighted by Gasteiger charge is -2.07. The van der Waals surface area contributed by atoms with E-state index in [0.717, 1.165) is 38.3 Å². The molecule has 5 nitrogen and oxygen atoms in total. The Morgan fingerprint density at radius 3 is 2.88 bits per heavy atom. The summed E-state index contributed by atoms with van der Waals surface area (Å²) in [5.41, 5.74) is 0. The zero-order chi connectivity index (χ0) is 12.3. The van der Waals surface area contributed by atoms with Gasteiger partial charge in [-0.3, -0.25) is 4.98 Å². The Morgan fingerprint density at radius 1 is 1.24 bits per heavy atom. The fraction of sp³-hybridized carbons (Fsp3) is 0.667. The van der Waals surface area contributed by atoms with Gasteiger partial charge >= 0.3 is 0 Å². The SMILES string of the molecule is CCCOc1cncc(NCCCNCC)n1. The third kappa shape index (κ3) is 6.06. The van der Waals surface area contributed by atoms with E-state index in [1.165, 1.54) is 0 Å². The fourth-order valence-electron chi connectivity index (χ4n) is 1.32. The van der Waals surface area contributed by atoms with Gasteiger partial charge in [-0.15, -0.1) is 0 Å². The second-order valence-electron chi connectivity index (χ2n) is 3.72. The van der Waals surface area contributed by atoms with Crippen molar-refractivity contribution >= 4 is 5.82 Å². The van der Waals surface area contributed by atoms with E-state index in [4.69, 9.17) is 4.74 Å². The zero-order valence-corrected chi connectivity index (χ0v) is 10.7. The minimum atomic E-state index is 0.587. The van der Waals surface area contributed by atoms with Gasteiger partial charge in [0.05, 0.1) is 19.0 Å². The van der Waals surface area contributed by atoms with Crippen molar-refractivity contribution < 1.29 is 4.74 Å². The minimum Gasteiger partial charge on any atom is -0.477 e. The molecule has 0 saturated heterocycles. The van der Waals surface area contributed by atoms with E-state index in [2.05, 4.69) is 34.4 Å². The Hall–Kier alpha value is -1.36. The number of anilines is 1. The highest BCUT2D eigenvalue weighted by atomic mass is 16.5. The molecule has 96 valence electrons. The van der Waals surface area contributed by atoms with E-state index in [-0.39, 0.29) is 0 Å². The maximum atomic E-state index is 5.41. The molecule has 17 heavy (non-hydrogen) atoms. The van der Waals surface area contributed by atoms with Crippen LogP contribution in [0.5, 0.6) is 5.88 Å². The third-order valence-electron chi connectivity index (χ3n) is 2.15. The number of ether oxygens (including phenoxy) is 1. The van der Waals surface area contributed by atoms with Crippen LogP contribution in [0.15, 0.2) is 12.4 Å². The number of aromatic nitrogens is 2. The Morgan fingerprint density at radius 2 is 2.12 bits per heavy atom. The molecule has 0 unspecified atom stereocenters. The molecular formula is C12H22N4O. The van der Waals surface area contributed by atoms with Crippen molar-refractivity contribution in [3.63, 3.8) is 0 Å². The van der Waals surface area contributed by atoms with Crippen molar-refractivity contribution in [2.24, 2.45) is 0 Å². The van der Waals surface area contributed by atoms with Gasteiger partial charge in [-0.25, -0.2) is 0 Å². The summed E-state index contributed by atoms with van der Waals surface area (Å²) in [6.45, 7) is 7.77. The second kappa shape index (κ2) is 8.75. The molecule has 5 heteroatoms. The molecule has 0 aliphatic rings. The van der Waals surface area contributed by atoms with Crippen LogP contribution in [-0.4, -0.2) is 36.2 Å². The molecule has 0 bridgehead atoms. The predicted molar refractivity (Wildman–Crippen MR) is 69.5 cm³/mol. The highest BCUT2D eigenvalue weighted by Crippen LogP contribution is 2.08. The van der Waals surface area contributed by atoms with Crippen LogP contribution in [0.4, 0.5) is 5.82 Å². The van der Waals surface area contributed by atoms with Gasteiger partial charge in [-0.05, 0) is 25.9 Å². The van der Waals surface area contributed by atoms with Gasteiger partial charge in [-0.1, -0.05) is 13.8 Å². The van der Waals surface area contributed by atoms with E-state index in [9.17, 15) is 0 Å². The molecule has 1 heterocycles. The van der Waals surface area contributed by atoms with E-state index in [1.54, 1.807) is 12.4 Å². The summed E-state index contributed by atoms with van der Waals surface area (Å²) in [7, 11) is 0. The Balaban J connectivity index is 2.27. The smallest absolute Gasteiger partial charge is 0.234 e. The number of rotatable bonds is 9. The average Bonchev–Trinajstić information content (AvgIpc) is 2.37. The molecule has 0 aliphatic heterocycles. The van der Waals surface area contributed by atoms with E-state index >= 15 is 0 Å². The van der Waals surface area contributed by atoms with Crippen LogP contribution in [0, 0.1) is 0 Å². The van der Waals surface area contributed by atoms with E-state index in [1.807, 2.05) is 0 Å². The summed E-state index contributed by atoms with van der Waals surface area (Å²) in [6, 6.07) is 0. The highest BCUT2D eigenvalue weighted by molar-refractivity contribution is 5.32. The molecule has 2 N–H and O–H groups in total. The predicted octanol–water partition coefficient (Wildman–Crippen LogP) is 1.68. The van der Waals surface area contributed by atoms with Gasteiger partial charge in [0.15, 0.2) is 0 Å². The lowest BCUT2D eigenvalue weighted by molar-refractivity contribution is 0.304. The molecule has 1 aromatic rings. The number of hydrogen-bond acceptors (Lipinski definition) is 5. The van der Waals surface area contributed by atoms with Crippen molar-refractivity contribution in [3.8, 4) is 5.88 Å². The molecule has 0 aliphatic carbocycles. The summed E-state index contributed by atoms with van der Waals surface area (Å²) in [6.07, 6.45) is 5.39. The molecule has 1 aromatic heterocycles. The molecule has 0 amide bonds. The monoisotopic (exact) mass is 238 g/mol. The second-order valence-corrected chi connectivity index (χ2v) is 3.72. The quantitative estimate of drug-likeness (QED) is 0.641. The molecule has 0 fully saturated rings. The summed E-state index contributed by atoms with van der Waals surface area (Å²) >= 11 is 0. The summed E-state index contributed by atoms with van der Waals surface area (Å²) in [5.74, 6) is 1.36. The first kappa shape index (κ1) is 13.7. The van der Waals surface area contributed by atoms with Crippen molar-refractivity contribution in [1.82, 2.24) is 15.3 Å². The number of hydrogen-bond donors (Lipinski definition) is 2. The molecule has 0 spiro atoms. The lowest BCUT2D eigenvalue weighted by atomic mass is 10.4. The van der Waals surface area contributed by atoms with Gasteiger partial charge in [0, 0.05) is 6.54 Å². The molecular weight excluding hydrogens is 216 g/mol. The van der Waals surface area contributed by atoms with Gasteiger partial charge in [0.2, 0.25) is 5.88 Å². The van der Waals surface area contributed by atoms with E-state index < -0.39 is 0 Å². The van der Waals surface area contributed by atoms with Crippen molar-refractivity contribution in [3.05, 3.63) is 12.4 Å². The summed E-state index contributed by atoms with van der Waals surface area (Å²) in [5, 5.41) is 6.50. The minimum absolute atomic E-state index is 0.587. The zero-order valence-electron chi connectivity index (χ0n) is 10.7. The van der Waals surface area contributed by atoms with Crippen LogP contribution < -0.4 is 15.4 Å². The standard InChI is InChI=1S/C12H22N4O/c1-3-8-17-12-10-14-9-11(16-12)15-7-5-6-13-4-2/h9-10,13H,3-8H2,1-2H3,(H,15,16). The third-order valence-corrected chi connectivity index (χ3v) is 2.15. The van der Waals surface area contributed by atoms with Crippen LogP contribution >= 0.6 is 0 Å². The normalized spacial score (nSPS) is 10.2. The topological polar surface area (TPSA) is 59.1 Å². The van der Waals surface area contributed by atoms with Gasteiger partial charge in [0.25, 0.3) is 0 Å². The van der Waals surface area contributed by atoms with Crippen LogP contribution in [0.25, 0.3) is 0 Å². The molecule has 0 saturated carbocycles. The van der Waals surface area contributed by atoms with Gasteiger partial charge < -0.3 is 15.4 Å². The largest absolute Gasteiger partial charge is 0.477 e. The maximum absolute atomic E-state index is 5.41. The summed E-state index contributed by atoms with van der Waals surface area (Å²) in [4.78, 5) is 8.40. The molecule has 0 radical (unpaired) electrons. The van der Waals surface area contributed by atoms with Gasteiger partial charge in [-0.2, -0.15) is 4.98 Å². The van der Waals surface area contributed by atoms with Crippen LogP contribution in [0.2, 0.25) is 0 Å². The van der Waals surface area contributed by atoms with Crippen LogP contribution in [-0.2, 0) is 0 Å². The maximum Gasteiger partial charge on any atom is 0.234 e.